The molecule has 0 radical (unpaired) electrons. The summed E-state index contributed by atoms with van der Waals surface area (Å²) < 4.78 is 26.5. The van der Waals surface area contributed by atoms with Gasteiger partial charge in [0.1, 0.15) is 30.0 Å². The minimum absolute atomic E-state index is 0.0945. The van der Waals surface area contributed by atoms with Crippen LogP contribution >= 0.6 is 11.6 Å². The van der Waals surface area contributed by atoms with Crippen molar-refractivity contribution in [3.05, 3.63) is 82.1 Å². The van der Waals surface area contributed by atoms with Gasteiger partial charge in [0, 0.05) is 12.6 Å². The van der Waals surface area contributed by atoms with E-state index in [9.17, 15) is 19.1 Å². The summed E-state index contributed by atoms with van der Waals surface area (Å²) in [4.78, 5) is 26.7. The lowest BCUT2D eigenvalue weighted by atomic mass is 9.95. The van der Waals surface area contributed by atoms with Gasteiger partial charge in [-0.2, -0.15) is 0 Å². The van der Waals surface area contributed by atoms with Gasteiger partial charge >= 0.3 is 5.97 Å². The number of hydrogen-bond donors (Lipinski definition) is 2. The number of anilines is 2. The normalized spacial score (nSPS) is 17.4. The van der Waals surface area contributed by atoms with Gasteiger partial charge in [-0.1, -0.05) is 29.8 Å². The number of aliphatic carboxylic acids is 1. The molecule has 0 unspecified atom stereocenters. The molecule has 0 spiro atoms. The van der Waals surface area contributed by atoms with Crippen LogP contribution < -0.4 is 19.7 Å². The predicted octanol–water partition coefficient (Wildman–Crippen LogP) is 5.43. The Morgan fingerprint density at radius 2 is 1.97 bits per heavy atom. The van der Waals surface area contributed by atoms with Crippen LogP contribution in [-0.2, 0) is 10.2 Å². The summed E-state index contributed by atoms with van der Waals surface area (Å²) in [5, 5.41) is 12.2. The third-order valence-corrected chi connectivity index (χ3v) is 7.47. The Morgan fingerprint density at radius 1 is 1.22 bits per heavy atom. The van der Waals surface area contributed by atoms with E-state index in [-0.39, 0.29) is 29.0 Å². The summed E-state index contributed by atoms with van der Waals surface area (Å²) >= 11 is 6.51. The Balaban J connectivity index is 1.28. The Kier molecular flexibility index (Phi) is 6.45. The molecular weight excluding hydrogens is 499 g/mol. The maximum Gasteiger partial charge on any atom is 0.314 e. The maximum absolute atomic E-state index is 14.5. The Hall–Kier alpha value is -3.78. The molecule has 37 heavy (non-hydrogen) atoms. The van der Waals surface area contributed by atoms with Crippen molar-refractivity contribution in [2.45, 2.75) is 31.3 Å². The molecule has 3 aromatic carbocycles. The van der Waals surface area contributed by atoms with Gasteiger partial charge in [0.15, 0.2) is 0 Å². The number of rotatable bonds is 7. The minimum Gasteiger partial charge on any atom is -0.489 e. The highest BCUT2D eigenvalue weighted by Crippen LogP contribution is 2.49. The number of carbonyl (C=O) groups is 2. The number of carboxylic acids is 1. The number of halogens is 2. The molecule has 2 N–H and O–H groups in total. The van der Waals surface area contributed by atoms with Crippen molar-refractivity contribution in [1.82, 2.24) is 0 Å². The van der Waals surface area contributed by atoms with Gasteiger partial charge in [0.25, 0.3) is 5.91 Å². The average Bonchev–Trinajstić information content (AvgIpc) is 3.69. The second kappa shape index (κ2) is 9.59. The summed E-state index contributed by atoms with van der Waals surface area (Å²) in [5.74, 6) is -0.925. The minimum atomic E-state index is -1.01. The molecule has 2 aliphatic rings. The largest absolute Gasteiger partial charge is 0.489 e. The van der Waals surface area contributed by atoms with Gasteiger partial charge in [-0.15, -0.1) is 0 Å². The Bertz CT molecular complexity index is 1390. The first-order valence-corrected chi connectivity index (χ1v) is 12.3. The van der Waals surface area contributed by atoms with E-state index in [2.05, 4.69) is 10.2 Å². The summed E-state index contributed by atoms with van der Waals surface area (Å²) in [6.07, 6.45) is 0.752. The molecule has 0 saturated heterocycles. The number of nitrogens with one attached hydrogen (secondary N) is 1. The Morgan fingerprint density at radius 3 is 2.70 bits per heavy atom. The molecular formula is C28H26ClFN2O5. The molecule has 1 aliphatic heterocycles. The van der Waals surface area contributed by atoms with E-state index in [1.165, 1.54) is 24.3 Å². The lowest BCUT2D eigenvalue weighted by Gasteiger charge is -2.33. The van der Waals surface area contributed by atoms with Crippen LogP contribution in [0.5, 0.6) is 11.5 Å². The van der Waals surface area contributed by atoms with Gasteiger partial charge in [-0.3, -0.25) is 9.59 Å². The monoisotopic (exact) mass is 524 g/mol. The zero-order valence-electron chi connectivity index (χ0n) is 20.4. The molecule has 7 nitrogen and oxygen atoms in total. The highest BCUT2D eigenvalue weighted by Gasteiger charge is 2.51. The van der Waals surface area contributed by atoms with Crippen molar-refractivity contribution in [3.8, 4) is 11.5 Å². The second-order valence-corrected chi connectivity index (χ2v) is 9.86. The number of carboxylic acid groups (broad SMARTS) is 1. The average molecular weight is 525 g/mol. The molecule has 0 aromatic heterocycles. The van der Waals surface area contributed by atoms with Crippen molar-refractivity contribution in [2.24, 2.45) is 0 Å². The van der Waals surface area contributed by atoms with Gasteiger partial charge in [-0.05, 0) is 61.7 Å². The zero-order chi connectivity index (χ0) is 26.3. The molecule has 192 valence electrons. The highest BCUT2D eigenvalue weighted by atomic mass is 35.5. The van der Waals surface area contributed by atoms with E-state index in [4.69, 9.17) is 21.1 Å². The number of para-hydroxylation sites is 2. The van der Waals surface area contributed by atoms with E-state index >= 15 is 0 Å². The third kappa shape index (κ3) is 4.69. The van der Waals surface area contributed by atoms with Crippen LogP contribution in [-0.4, -0.2) is 43.3 Å². The summed E-state index contributed by atoms with van der Waals surface area (Å²) in [6.45, 7) is 2.67. The zero-order valence-corrected chi connectivity index (χ0v) is 21.1. The van der Waals surface area contributed by atoms with Gasteiger partial charge in [0.2, 0.25) is 0 Å². The van der Waals surface area contributed by atoms with E-state index < -0.39 is 23.1 Å². The fraction of sp³-hybridized carbons (Fsp3) is 0.286. The van der Waals surface area contributed by atoms with Crippen molar-refractivity contribution >= 4 is 34.9 Å². The molecule has 1 amide bonds. The van der Waals surface area contributed by atoms with Crippen LogP contribution in [0.3, 0.4) is 0 Å². The number of carbonyl (C=O) groups excluding carboxylic acids is 1. The molecule has 1 fully saturated rings. The predicted molar refractivity (Wildman–Crippen MR) is 139 cm³/mol. The quantitative estimate of drug-likeness (QED) is 0.428. The lowest BCUT2D eigenvalue weighted by Crippen LogP contribution is -2.41. The van der Waals surface area contributed by atoms with E-state index in [0.29, 0.717) is 36.3 Å². The lowest BCUT2D eigenvalue weighted by molar-refractivity contribution is -0.140. The molecule has 1 aliphatic carbocycles. The van der Waals surface area contributed by atoms with E-state index in [0.717, 1.165) is 11.4 Å². The van der Waals surface area contributed by atoms with E-state index in [1.54, 1.807) is 13.0 Å². The fourth-order valence-electron chi connectivity index (χ4n) is 4.62. The van der Waals surface area contributed by atoms with Crippen molar-refractivity contribution in [2.75, 3.05) is 30.4 Å². The van der Waals surface area contributed by atoms with Crippen LogP contribution in [0.1, 0.15) is 34.3 Å². The van der Waals surface area contributed by atoms with Gasteiger partial charge in [-0.25, -0.2) is 4.39 Å². The van der Waals surface area contributed by atoms with Crippen LogP contribution in [0.15, 0.2) is 54.6 Å². The molecule has 3 aromatic rings. The third-order valence-electron chi connectivity index (χ3n) is 6.98. The first kappa shape index (κ1) is 24.9. The fourth-order valence-corrected chi connectivity index (χ4v) is 4.86. The van der Waals surface area contributed by atoms with Crippen LogP contribution in [0.2, 0.25) is 5.02 Å². The van der Waals surface area contributed by atoms with E-state index in [1.807, 2.05) is 31.3 Å². The SMILES string of the molecule is Cc1c(OC[C@@H]2CN(C)c3ccccc3O2)ccc(C(=O)Nc2cc(C3(C(=O)O)CC3)ccc2F)c1Cl. The number of fused-ring (bicyclic) bond motifs is 1. The molecule has 5 rings (SSSR count). The number of likely N-dealkylation sites (N-methyl/N-ethyl adjacent to an activating group) is 1. The summed E-state index contributed by atoms with van der Waals surface area (Å²) in [5.41, 5.74) is 1.09. The molecule has 0 bridgehead atoms. The number of hydrogen-bond acceptors (Lipinski definition) is 5. The summed E-state index contributed by atoms with van der Waals surface area (Å²) in [6, 6.07) is 15.0. The number of nitrogens with zero attached hydrogens (tertiary/aromatic N) is 1. The summed E-state index contributed by atoms with van der Waals surface area (Å²) in [7, 11) is 1.99. The second-order valence-electron chi connectivity index (χ2n) is 9.49. The highest BCUT2D eigenvalue weighted by molar-refractivity contribution is 6.35. The van der Waals surface area contributed by atoms with Gasteiger partial charge < -0.3 is 24.8 Å². The smallest absolute Gasteiger partial charge is 0.314 e. The maximum atomic E-state index is 14.5. The Labute approximate surface area is 218 Å². The molecule has 1 heterocycles. The molecule has 1 atom stereocenters. The van der Waals surface area contributed by atoms with Crippen molar-refractivity contribution < 1.29 is 28.6 Å². The standard InChI is InChI=1S/C28H26ClFN2O5/c1-16-23(36-15-18-14-32(2)22-5-3-4-6-24(22)37-18)10-8-19(25(16)29)26(33)31-21-13-17(7-9-20(21)30)28(11-12-28)27(34)35/h3-10,13,18H,11-12,14-15H2,1-2H3,(H,31,33)(H,34,35)/t18-/m0/s1. The first-order valence-electron chi connectivity index (χ1n) is 11.9. The van der Waals surface area contributed by atoms with Crippen LogP contribution in [0, 0.1) is 12.7 Å². The molecule has 9 heteroatoms. The number of ether oxygens (including phenoxy) is 2. The number of amides is 1. The van der Waals surface area contributed by atoms with Gasteiger partial charge in [0.05, 0.1) is 33.9 Å². The first-order chi connectivity index (χ1) is 17.7. The van der Waals surface area contributed by atoms with Crippen molar-refractivity contribution in [3.63, 3.8) is 0 Å². The van der Waals surface area contributed by atoms with Crippen LogP contribution in [0.4, 0.5) is 15.8 Å². The van der Waals surface area contributed by atoms with Crippen LogP contribution in [0.25, 0.3) is 0 Å². The molecule has 1 saturated carbocycles. The number of benzene rings is 3. The topological polar surface area (TPSA) is 88.1 Å². The van der Waals surface area contributed by atoms with Crippen molar-refractivity contribution in [1.29, 1.82) is 0 Å².